The number of carbonyl (C=O) groups excluding carboxylic acids is 1. The summed E-state index contributed by atoms with van der Waals surface area (Å²) in [4.78, 5) is 12.7. The Morgan fingerprint density at radius 2 is 1.78 bits per heavy atom. The fraction of sp³-hybridized carbons (Fsp3) is 0.375. The van der Waals surface area contributed by atoms with Crippen molar-refractivity contribution < 1.29 is 9.53 Å². The number of ether oxygens (including phenoxy) is 1. The maximum atomic E-state index is 12.7. The number of methoxy groups -OCH3 is 1. The third-order valence-electron chi connectivity index (χ3n) is 5.30. The molecule has 0 spiro atoms. The Balaban J connectivity index is 1.97. The number of anilines is 1. The fourth-order valence-electron chi connectivity index (χ4n) is 3.85. The van der Waals surface area contributed by atoms with Crippen molar-refractivity contribution in [2.75, 3.05) is 12.4 Å². The second-order valence-corrected chi connectivity index (χ2v) is 7.26. The Labute approximate surface area is 162 Å². The molecular weight excluding hydrogens is 334 g/mol. The summed E-state index contributed by atoms with van der Waals surface area (Å²) in [5.74, 6) is -0.139. The molecule has 3 rings (SSSR count). The second kappa shape index (κ2) is 8.90. The van der Waals surface area contributed by atoms with Gasteiger partial charge >= 0.3 is 5.97 Å². The van der Waals surface area contributed by atoms with E-state index in [9.17, 15) is 4.79 Å². The third-order valence-corrected chi connectivity index (χ3v) is 5.30. The van der Waals surface area contributed by atoms with E-state index < -0.39 is 0 Å². The van der Waals surface area contributed by atoms with Crippen LogP contribution in [0.15, 0.2) is 54.1 Å². The van der Waals surface area contributed by atoms with Crippen molar-refractivity contribution in [2.24, 2.45) is 0 Å². The molecule has 2 aromatic carbocycles. The van der Waals surface area contributed by atoms with Crippen molar-refractivity contribution in [2.45, 2.75) is 51.9 Å². The summed E-state index contributed by atoms with van der Waals surface area (Å²) >= 11 is 0. The van der Waals surface area contributed by atoms with E-state index >= 15 is 0 Å². The van der Waals surface area contributed by atoms with Gasteiger partial charge in [0.2, 0.25) is 0 Å². The van der Waals surface area contributed by atoms with Gasteiger partial charge in [-0.2, -0.15) is 0 Å². The Kier molecular flexibility index (Phi) is 6.33. The number of benzene rings is 2. The molecule has 0 saturated carbocycles. The standard InChI is InChI=1S/C24H29NO2/c1-4-5-6-7-11-20-19-10-8-9-12-21(19)23(22(20)24(26)27-3)25-18-15-13-17(2)14-16-18/h8-10,12-16,20,25H,4-7,11H2,1-3H3. The molecule has 1 aliphatic rings. The molecule has 1 N–H and O–H groups in total. The van der Waals surface area contributed by atoms with E-state index in [0.717, 1.165) is 35.4 Å². The first kappa shape index (κ1) is 19.2. The largest absolute Gasteiger partial charge is 0.466 e. The number of esters is 1. The van der Waals surface area contributed by atoms with Gasteiger partial charge in [-0.15, -0.1) is 0 Å². The van der Waals surface area contributed by atoms with Crippen LogP contribution in [0, 0.1) is 6.92 Å². The molecule has 1 aliphatic carbocycles. The predicted octanol–water partition coefficient (Wildman–Crippen LogP) is 6.06. The molecular formula is C24H29NO2. The first-order chi connectivity index (χ1) is 13.2. The van der Waals surface area contributed by atoms with Crippen LogP contribution in [0.4, 0.5) is 5.69 Å². The average molecular weight is 364 g/mol. The highest BCUT2D eigenvalue weighted by Gasteiger charge is 2.35. The molecule has 142 valence electrons. The van der Waals surface area contributed by atoms with E-state index in [0.29, 0.717) is 0 Å². The normalized spacial score (nSPS) is 15.6. The van der Waals surface area contributed by atoms with E-state index in [2.05, 4.69) is 61.6 Å². The van der Waals surface area contributed by atoms with Crippen LogP contribution in [0.1, 0.15) is 61.6 Å². The maximum Gasteiger partial charge on any atom is 0.336 e. The molecule has 1 unspecified atom stereocenters. The monoisotopic (exact) mass is 363 g/mol. The molecule has 3 nitrogen and oxygen atoms in total. The third kappa shape index (κ3) is 4.24. The van der Waals surface area contributed by atoms with E-state index in [4.69, 9.17) is 4.74 Å². The summed E-state index contributed by atoms with van der Waals surface area (Å²) in [6.45, 7) is 4.29. The number of unbranched alkanes of at least 4 members (excludes halogenated alkanes) is 3. The SMILES string of the molecule is CCCCCCC1C(C(=O)OC)=C(Nc2ccc(C)cc2)c2ccccc21. The number of nitrogens with one attached hydrogen (secondary N) is 1. The lowest BCUT2D eigenvalue weighted by atomic mass is 9.90. The molecule has 0 heterocycles. The molecule has 27 heavy (non-hydrogen) atoms. The highest BCUT2D eigenvalue weighted by atomic mass is 16.5. The number of hydrogen-bond acceptors (Lipinski definition) is 3. The number of rotatable bonds is 8. The Morgan fingerprint density at radius 3 is 2.48 bits per heavy atom. The number of hydrogen-bond donors (Lipinski definition) is 1. The lowest BCUT2D eigenvalue weighted by Gasteiger charge is -2.15. The van der Waals surface area contributed by atoms with Crippen LogP contribution in [0.25, 0.3) is 5.70 Å². The summed E-state index contributed by atoms with van der Waals surface area (Å²) in [5.41, 5.74) is 6.18. The molecule has 0 amide bonds. The van der Waals surface area contributed by atoms with Gasteiger partial charge in [0, 0.05) is 17.2 Å². The van der Waals surface area contributed by atoms with Crippen LogP contribution in [0.2, 0.25) is 0 Å². The minimum atomic E-state index is -0.235. The van der Waals surface area contributed by atoms with Crippen molar-refractivity contribution in [3.8, 4) is 0 Å². The van der Waals surface area contributed by atoms with Crippen LogP contribution in [0.3, 0.4) is 0 Å². The molecule has 2 aromatic rings. The van der Waals surface area contributed by atoms with Gasteiger partial charge in [-0.3, -0.25) is 0 Å². The molecule has 0 fully saturated rings. The zero-order chi connectivity index (χ0) is 19.2. The zero-order valence-electron chi connectivity index (χ0n) is 16.5. The summed E-state index contributed by atoms with van der Waals surface area (Å²) in [5, 5.41) is 3.50. The van der Waals surface area contributed by atoms with Crippen LogP contribution in [0.5, 0.6) is 0 Å². The van der Waals surface area contributed by atoms with Gasteiger partial charge in [0.15, 0.2) is 0 Å². The van der Waals surface area contributed by atoms with Crippen LogP contribution in [-0.2, 0) is 9.53 Å². The fourth-order valence-corrected chi connectivity index (χ4v) is 3.85. The lowest BCUT2D eigenvalue weighted by Crippen LogP contribution is -2.13. The Bertz CT molecular complexity index is 821. The van der Waals surface area contributed by atoms with Crippen molar-refractivity contribution in [1.82, 2.24) is 0 Å². The highest BCUT2D eigenvalue weighted by Crippen LogP contribution is 2.45. The first-order valence-electron chi connectivity index (χ1n) is 9.91. The van der Waals surface area contributed by atoms with Crippen molar-refractivity contribution in [3.05, 3.63) is 70.8 Å². The van der Waals surface area contributed by atoms with Gasteiger partial charge in [0.25, 0.3) is 0 Å². The summed E-state index contributed by atoms with van der Waals surface area (Å²) in [6.07, 6.45) is 5.73. The van der Waals surface area contributed by atoms with E-state index in [1.807, 2.05) is 6.07 Å². The maximum absolute atomic E-state index is 12.7. The molecule has 0 aromatic heterocycles. The van der Waals surface area contributed by atoms with Gasteiger partial charge in [0.05, 0.1) is 18.4 Å². The van der Waals surface area contributed by atoms with Crippen LogP contribution >= 0.6 is 0 Å². The minimum absolute atomic E-state index is 0.0958. The van der Waals surface area contributed by atoms with Gasteiger partial charge in [-0.25, -0.2) is 4.79 Å². The molecule has 0 aliphatic heterocycles. The molecule has 0 saturated heterocycles. The molecule has 0 bridgehead atoms. The predicted molar refractivity (Wildman–Crippen MR) is 112 cm³/mol. The van der Waals surface area contributed by atoms with Gasteiger partial charge in [-0.1, -0.05) is 74.6 Å². The van der Waals surface area contributed by atoms with Gasteiger partial charge < -0.3 is 10.1 Å². The number of fused-ring (bicyclic) bond motifs is 1. The minimum Gasteiger partial charge on any atom is -0.466 e. The zero-order valence-corrected chi connectivity index (χ0v) is 16.5. The van der Waals surface area contributed by atoms with Crippen LogP contribution in [-0.4, -0.2) is 13.1 Å². The smallest absolute Gasteiger partial charge is 0.336 e. The highest BCUT2D eigenvalue weighted by molar-refractivity contribution is 6.04. The summed E-state index contributed by atoms with van der Waals surface area (Å²) in [7, 11) is 1.47. The number of carbonyl (C=O) groups is 1. The average Bonchev–Trinajstić information content (AvgIpc) is 3.00. The molecule has 0 radical (unpaired) electrons. The first-order valence-corrected chi connectivity index (χ1v) is 9.91. The Hall–Kier alpha value is -2.55. The van der Waals surface area contributed by atoms with E-state index in [1.54, 1.807) is 0 Å². The van der Waals surface area contributed by atoms with Crippen molar-refractivity contribution in [3.63, 3.8) is 0 Å². The topological polar surface area (TPSA) is 38.3 Å². The Morgan fingerprint density at radius 1 is 1.04 bits per heavy atom. The van der Waals surface area contributed by atoms with Gasteiger partial charge in [0.1, 0.15) is 0 Å². The molecule has 3 heteroatoms. The van der Waals surface area contributed by atoms with Gasteiger partial charge in [-0.05, 0) is 31.0 Å². The van der Waals surface area contributed by atoms with Crippen molar-refractivity contribution in [1.29, 1.82) is 0 Å². The summed E-state index contributed by atoms with van der Waals surface area (Å²) < 4.78 is 5.17. The quantitative estimate of drug-likeness (QED) is 0.458. The molecule has 1 atom stereocenters. The lowest BCUT2D eigenvalue weighted by molar-refractivity contribution is -0.136. The number of aryl methyl sites for hydroxylation is 1. The summed E-state index contributed by atoms with van der Waals surface area (Å²) in [6, 6.07) is 16.6. The van der Waals surface area contributed by atoms with Crippen LogP contribution < -0.4 is 5.32 Å². The second-order valence-electron chi connectivity index (χ2n) is 7.26. The van der Waals surface area contributed by atoms with E-state index in [1.165, 1.54) is 37.5 Å². The van der Waals surface area contributed by atoms with E-state index in [-0.39, 0.29) is 11.9 Å². The van der Waals surface area contributed by atoms with Crippen molar-refractivity contribution >= 4 is 17.4 Å².